The first-order valence-corrected chi connectivity index (χ1v) is 9.15. The number of aromatic nitrogens is 4. The number of methoxy groups -OCH3 is 1. The van der Waals surface area contributed by atoms with Crippen LogP contribution in [0.4, 0.5) is 13.2 Å². The zero-order valence-electron chi connectivity index (χ0n) is 15.9. The van der Waals surface area contributed by atoms with Gasteiger partial charge in [-0.15, -0.1) is 0 Å². The SMILES string of the molecule is COc1cc(-c2cnn(C3CCN(C#N)CC3)c2C)cn2ncc(C(F)(F)F)c12. The molecule has 1 aliphatic heterocycles. The molecule has 0 saturated carbocycles. The molecule has 4 heterocycles. The molecule has 0 atom stereocenters. The smallest absolute Gasteiger partial charge is 0.420 e. The molecule has 3 aromatic rings. The average molecular weight is 404 g/mol. The lowest BCUT2D eigenvalue weighted by Crippen LogP contribution is -2.31. The van der Waals surface area contributed by atoms with Crippen molar-refractivity contribution in [3.63, 3.8) is 0 Å². The average Bonchev–Trinajstić information content (AvgIpc) is 3.30. The van der Waals surface area contributed by atoms with E-state index < -0.39 is 11.7 Å². The maximum absolute atomic E-state index is 13.3. The minimum atomic E-state index is -4.52. The van der Waals surface area contributed by atoms with Crippen LogP contribution in [0.1, 0.15) is 30.1 Å². The van der Waals surface area contributed by atoms with Crippen molar-refractivity contribution < 1.29 is 17.9 Å². The van der Waals surface area contributed by atoms with Crippen molar-refractivity contribution in [2.45, 2.75) is 32.0 Å². The molecule has 1 aliphatic rings. The van der Waals surface area contributed by atoms with E-state index in [0.717, 1.165) is 30.3 Å². The van der Waals surface area contributed by atoms with Crippen molar-refractivity contribution in [1.82, 2.24) is 24.3 Å². The number of hydrogen-bond acceptors (Lipinski definition) is 5. The summed E-state index contributed by atoms with van der Waals surface area (Å²) in [6.45, 7) is 3.30. The zero-order valence-corrected chi connectivity index (χ0v) is 15.9. The minimum Gasteiger partial charge on any atom is -0.494 e. The normalized spacial score (nSPS) is 15.7. The molecule has 0 spiro atoms. The molecular formula is C19H19F3N6O. The lowest BCUT2D eigenvalue weighted by atomic mass is 10.0. The fraction of sp³-hybridized carbons (Fsp3) is 0.421. The summed E-state index contributed by atoms with van der Waals surface area (Å²) in [7, 11) is 1.34. The van der Waals surface area contributed by atoms with Crippen LogP contribution in [0.25, 0.3) is 16.6 Å². The Morgan fingerprint density at radius 2 is 1.93 bits per heavy atom. The highest BCUT2D eigenvalue weighted by Crippen LogP contribution is 2.38. The number of ether oxygens (including phenoxy) is 1. The van der Waals surface area contributed by atoms with Gasteiger partial charge in [-0.05, 0) is 25.8 Å². The number of alkyl halides is 3. The van der Waals surface area contributed by atoms with Crippen LogP contribution in [-0.4, -0.2) is 44.5 Å². The quantitative estimate of drug-likeness (QED) is 0.623. The van der Waals surface area contributed by atoms with E-state index in [1.807, 2.05) is 11.6 Å². The first-order chi connectivity index (χ1) is 13.8. The second kappa shape index (κ2) is 6.99. The lowest BCUT2D eigenvalue weighted by Gasteiger charge is -2.29. The third kappa shape index (κ3) is 3.26. The van der Waals surface area contributed by atoms with E-state index >= 15 is 0 Å². The third-order valence-corrected chi connectivity index (χ3v) is 5.41. The molecular weight excluding hydrogens is 385 g/mol. The Bertz CT molecular complexity index is 1090. The molecule has 1 fully saturated rings. The van der Waals surface area contributed by atoms with Crippen molar-refractivity contribution in [3.05, 3.63) is 35.9 Å². The topological polar surface area (TPSA) is 71.4 Å². The Hall–Kier alpha value is -3.22. The fourth-order valence-electron chi connectivity index (χ4n) is 3.88. The molecule has 29 heavy (non-hydrogen) atoms. The van der Waals surface area contributed by atoms with E-state index in [0.29, 0.717) is 18.7 Å². The summed E-state index contributed by atoms with van der Waals surface area (Å²) in [5.41, 5.74) is 1.43. The Morgan fingerprint density at radius 1 is 1.21 bits per heavy atom. The van der Waals surface area contributed by atoms with Gasteiger partial charge < -0.3 is 9.64 Å². The van der Waals surface area contributed by atoms with Gasteiger partial charge in [0.2, 0.25) is 0 Å². The number of rotatable bonds is 3. The third-order valence-electron chi connectivity index (χ3n) is 5.41. The van der Waals surface area contributed by atoms with Gasteiger partial charge in [0, 0.05) is 36.1 Å². The van der Waals surface area contributed by atoms with Crippen molar-refractivity contribution in [3.8, 4) is 23.1 Å². The van der Waals surface area contributed by atoms with Crippen LogP contribution in [-0.2, 0) is 6.18 Å². The number of fused-ring (bicyclic) bond motifs is 1. The highest BCUT2D eigenvalue weighted by atomic mass is 19.4. The number of hydrogen-bond donors (Lipinski definition) is 0. The first-order valence-electron chi connectivity index (χ1n) is 9.15. The maximum Gasteiger partial charge on any atom is 0.420 e. The summed E-state index contributed by atoms with van der Waals surface area (Å²) in [6, 6.07) is 1.76. The number of nitrogens with zero attached hydrogens (tertiary/aromatic N) is 6. The van der Waals surface area contributed by atoms with Gasteiger partial charge >= 0.3 is 6.18 Å². The van der Waals surface area contributed by atoms with Gasteiger partial charge in [-0.3, -0.25) is 4.68 Å². The molecule has 0 unspecified atom stereocenters. The summed E-state index contributed by atoms with van der Waals surface area (Å²) >= 11 is 0. The van der Waals surface area contributed by atoms with Gasteiger partial charge in [0.25, 0.3) is 0 Å². The molecule has 0 aromatic carbocycles. The van der Waals surface area contributed by atoms with Crippen LogP contribution in [0.5, 0.6) is 5.75 Å². The molecule has 7 nitrogen and oxygen atoms in total. The lowest BCUT2D eigenvalue weighted by molar-refractivity contribution is -0.136. The first kappa shape index (κ1) is 19.1. The predicted molar refractivity (Wildman–Crippen MR) is 98.2 cm³/mol. The second-order valence-corrected chi connectivity index (χ2v) is 7.05. The standard InChI is InChI=1S/C19H19F3N6O/c1-12-15(8-25-28(12)14-3-5-26(11-23)6-4-14)13-7-17(29-2)18-16(19(20,21)22)9-24-27(18)10-13/h7-10,14H,3-6H2,1-2H3. The molecule has 0 radical (unpaired) electrons. The maximum atomic E-state index is 13.3. The van der Waals surface area contributed by atoms with Gasteiger partial charge in [-0.25, -0.2) is 4.52 Å². The van der Waals surface area contributed by atoms with Crippen LogP contribution in [0.3, 0.4) is 0 Å². The molecule has 10 heteroatoms. The Balaban J connectivity index is 1.73. The largest absolute Gasteiger partial charge is 0.494 e. The number of nitriles is 1. The highest BCUT2D eigenvalue weighted by molar-refractivity contribution is 5.74. The highest BCUT2D eigenvalue weighted by Gasteiger charge is 2.36. The molecule has 0 amide bonds. The molecule has 1 saturated heterocycles. The van der Waals surface area contributed by atoms with E-state index in [9.17, 15) is 13.2 Å². The van der Waals surface area contributed by atoms with Gasteiger partial charge in [0.15, 0.2) is 6.19 Å². The van der Waals surface area contributed by atoms with Crippen molar-refractivity contribution in [2.75, 3.05) is 20.2 Å². The van der Waals surface area contributed by atoms with E-state index in [-0.39, 0.29) is 17.3 Å². The summed E-state index contributed by atoms with van der Waals surface area (Å²) in [4.78, 5) is 1.73. The van der Waals surface area contributed by atoms with E-state index in [1.165, 1.54) is 11.6 Å². The van der Waals surface area contributed by atoms with Gasteiger partial charge in [-0.1, -0.05) is 0 Å². The summed E-state index contributed by atoms with van der Waals surface area (Å²) in [6.07, 6.45) is 3.34. The molecule has 3 aromatic heterocycles. The van der Waals surface area contributed by atoms with Crippen LogP contribution in [0, 0.1) is 18.4 Å². The Kier molecular flexibility index (Phi) is 4.61. The molecule has 152 valence electrons. The summed E-state index contributed by atoms with van der Waals surface area (Å²) in [5, 5.41) is 17.4. The molecule has 4 rings (SSSR count). The van der Waals surface area contributed by atoms with Crippen LogP contribution in [0.2, 0.25) is 0 Å². The molecule has 0 bridgehead atoms. The predicted octanol–water partition coefficient (Wildman–Crippen LogP) is 3.65. The van der Waals surface area contributed by atoms with Gasteiger partial charge in [-0.2, -0.15) is 28.6 Å². The molecule has 0 aliphatic carbocycles. The van der Waals surface area contributed by atoms with Crippen LogP contribution in [0.15, 0.2) is 24.7 Å². The van der Waals surface area contributed by atoms with Crippen molar-refractivity contribution in [2.24, 2.45) is 0 Å². The van der Waals surface area contributed by atoms with Crippen LogP contribution >= 0.6 is 0 Å². The van der Waals surface area contributed by atoms with E-state index in [2.05, 4.69) is 16.4 Å². The van der Waals surface area contributed by atoms with Crippen molar-refractivity contribution in [1.29, 1.82) is 5.26 Å². The van der Waals surface area contributed by atoms with E-state index in [1.54, 1.807) is 23.4 Å². The fourth-order valence-corrected chi connectivity index (χ4v) is 3.88. The Morgan fingerprint density at radius 3 is 2.55 bits per heavy atom. The molecule has 0 N–H and O–H groups in total. The number of pyridine rings is 1. The summed E-state index contributed by atoms with van der Waals surface area (Å²) < 4.78 is 48.2. The monoisotopic (exact) mass is 404 g/mol. The minimum absolute atomic E-state index is 0.0989. The Labute approximate surface area is 164 Å². The van der Waals surface area contributed by atoms with Crippen LogP contribution < -0.4 is 4.74 Å². The van der Waals surface area contributed by atoms with E-state index in [4.69, 9.17) is 10.00 Å². The number of halogens is 3. The van der Waals surface area contributed by atoms with Gasteiger partial charge in [0.05, 0.1) is 25.5 Å². The second-order valence-electron chi connectivity index (χ2n) is 7.05. The van der Waals surface area contributed by atoms with Crippen molar-refractivity contribution >= 4 is 5.52 Å². The van der Waals surface area contributed by atoms with Gasteiger partial charge in [0.1, 0.15) is 16.8 Å². The number of likely N-dealkylation sites (tertiary alicyclic amines) is 1. The summed E-state index contributed by atoms with van der Waals surface area (Å²) in [5.74, 6) is 0.0989. The zero-order chi connectivity index (χ0) is 20.8. The number of piperidine rings is 1.